The van der Waals surface area contributed by atoms with Gasteiger partial charge < -0.3 is 4.84 Å². The Bertz CT molecular complexity index is 1150. The molecule has 3 aromatic rings. The van der Waals surface area contributed by atoms with Gasteiger partial charge in [-0.2, -0.15) is 0 Å². The van der Waals surface area contributed by atoms with Crippen LogP contribution >= 0.6 is 11.6 Å². The van der Waals surface area contributed by atoms with E-state index in [1.165, 1.54) is 6.07 Å². The molecular formula is C22H16ClFN4O2. The van der Waals surface area contributed by atoms with E-state index >= 15 is 0 Å². The second-order valence-electron chi connectivity index (χ2n) is 6.35. The van der Waals surface area contributed by atoms with E-state index in [1.54, 1.807) is 60.7 Å². The van der Waals surface area contributed by atoms with Gasteiger partial charge in [-0.3, -0.25) is 10.3 Å². The summed E-state index contributed by atoms with van der Waals surface area (Å²) in [6.45, 7) is 0.0502. The van der Waals surface area contributed by atoms with Gasteiger partial charge in [0, 0.05) is 21.8 Å². The van der Waals surface area contributed by atoms with Crippen molar-refractivity contribution in [1.82, 2.24) is 5.48 Å². The fourth-order valence-corrected chi connectivity index (χ4v) is 3.10. The SMILES string of the molecule is O=C(Nc1ccccc1)ONC1=Nc2ccc(Cl)cc2C(c2ccccc2F)=NC1. The van der Waals surface area contributed by atoms with Gasteiger partial charge in [-0.1, -0.05) is 41.9 Å². The quantitative estimate of drug-likeness (QED) is 0.563. The molecule has 0 fully saturated rings. The first-order valence-corrected chi connectivity index (χ1v) is 9.43. The van der Waals surface area contributed by atoms with E-state index in [2.05, 4.69) is 20.8 Å². The lowest BCUT2D eigenvalue weighted by Crippen LogP contribution is -2.31. The van der Waals surface area contributed by atoms with Gasteiger partial charge in [-0.05, 0) is 42.5 Å². The molecule has 3 aromatic carbocycles. The van der Waals surface area contributed by atoms with Gasteiger partial charge >= 0.3 is 6.09 Å². The molecule has 2 N–H and O–H groups in total. The summed E-state index contributed by atoms with van der Waals surface area (Å²) in [7, 11) is 0. The molecule has 0 saturated carbocycles. The molecule has 1 amide bonds. The number of nitrogens with one attached hydrogen (secondary N) is 2. The normalized spacial score (nSPS) is 12.7. The number of carbonyl (C=O) groups excluding carboxylic acids is 1. The smallest absolute Gasteiger partial charge is 0.323 e. The fraction of sp³-hybridized carbons (Fsp3) is 0.0455. The van der Waals surface area contributed by atoms with Crippen molar-refractivity contribution >= 4 is 40.6 Å². The number of aliphatic imine (C=N–C) groups is 2. The third-order valence-electron chi connectivity index (χ3n) is 4.27. The van der Waals surface area contributed by atoms with Gasteiger partial charge in [0.05, 0.1) is 11.4 Å². The molecule has 8 heteroatoms. The van der Waals surface area contributed by atoms with Crippen molar-refractivity contribution in [3.05, 3.63) is 94.8 Å². The Morgan fingerprint density at radius 3 is 2.57 bits per heavy atom. The van der Waals surface area contributed by atoms with Crippen molar-refractivity contribution in [2.75, 3.05) is 11.9 Å². The van der Waals surface area contributed by atoms with Crippen molar-refractivity contribution in [1.29, 1.82) is 0 Å². The van der Waals surface area contributed by atoms with E-state index in [9.17, 15) is 9.18 Å². The summed E-state index contributed by atoms with van der Waals surface area (Å²) in [6.07, 6.45) is -0.706. The number of nitrogens with zero attached hydrogens (tertiary/aromatic N) is 2. The Balaban J connectivity index is 1.57. The highest BCUT2D eigenvalue weighted by Crippen LogP contribution is 2.29. The summed E-state index contributed by atoms with van der Waals surface area (Å²) in [6, 6.07) is 20.3. The Labute approximate surface area is 177 Å². The van der Waals surface area contributed by atoms with Crippen molar-refractivity contribution in [3.8, 4) is 0 Å². The second kappa shape index (κ2) is 8.75. The van der Waals surface area contributed by atoms with Crippen LogP contribution in [-0.2, 0) is 4.84 Å². The highest BCUT2D eigenvalue weighted by atomic mass is 35.5. The first kappa shape index (κ1) is 19.6. The molecule has 1 aliphatic rings. The third kappa shape index (κ3) is 4.47. The molecule has 0 aromatic heterocycles. The average Bonchev–Trinajstić information content (AvgIpc) is 2.92. The van der Waals surface area contributed by atoms with Crippen LogP contribution in [0.1, 0.15) is 11.1 Å². The van der Waals surface area contributed by atoms with Crippen LogP contribution in [0.3, 0.4) is 0 Å². The standard InChI is InChI=1S/C22H16ClFN4O2/c23-14-10-11-19-17(12-14)21(16-8-4-5-9-18(16)24)25-13-20(27-19)28-30-22(29)26-15-6-2-1-3-7-15/h1-12H,13H2,(H,26,29)(H,27,28). The first-order chi connectivity index (χ1) is 14.6. The number of halogens is 2. The third-order valence-corrected chi connectivity index (χ3v) is 4.50. The summed E-state index contributed by atoms with van der Waals surface area (Å²) >= 11 is 6.15. The topological polar surface area (TPSA) is 75.1 Å². The summed E-state index contributed by atoms with van der Waals surface area (Å²) in [5.41, 5.74) is 4.97. The maximum absolute atomic E-state index is 14.4. The van der Waals surface area contributed by atoms with E-state index in [4.69, 9.17) is 16.4 Å². The first-order valence-electron chi connectivity index (χ1n) is 9.06. The molecule has 6 nitrogen and oxygen atoms in total. The molecule has 150 valence electrons. The monoisotopic (exact) mass is 422 g/mol. The molecule has 4 rings (SSSR count). The highest BCUT2D eigenvalue weighted by molar-refractivity contribution is 6.31. The summed E-state index contributed by atoms with van der Waals surface area (Å²) < 4.78 is 14.4. The van der Waals surface area contributed by atoms with Crippen molar-refractivity contribution < 1.29 is 14.0 Å². The molecule has 0 spiro atoms. The largest absolute Gasteiger partial charge is 0.435 e. The number of hydrogen-bond acceptors (Lipinski definition) is 5. The van der Waals surface area contributed by atoms with Gasteiger partial charge in [-0.25, -0.2) is 19.7 Å². The summed E-state index contributed by atoms with van der Waals surface area (Å²) in [4.78, 5) is 26.0. The number of rotatable bonds is 2. The lowest BCUT2D eigenvalue weighted by atomic mass is 10.0. The van der Waals surface area contributed by atoms with Crippen LogP contribution in [0.15, 0.2) is 82.8 Å². The lowest BCUT2D eigenvalue weighted by molar-refractivity contribution is 0.134. The fourth-order valence-electron chi connectivity index (χ4n) is 2.92. The minimum Gasteiger partial charge on any atom is -0.323 e. The Hall–Kier alpha value is -3.71. The zero-order valence-corrected chi connectivity index (χ0v) is 16.4. The van der Waals surface area contributed by atoms with Crippen molar-refractivity contribution in [3.63, 3.8) is 0 Å². The number of para-hydroxylation sites is 1. The molecule has 0 atom stereocenters. The molecular weight excluding hydrogens is 407 g/mol. The average molecular weight is 423 g/mol. The number of hydroxylamine groups is 1. The molecule has 1 heterocycles. The number of fused-ring (bicyclic) bond motifs is 1. The molecule has 0 unspecified atom stereocenters. The van der Waals surface area contributed by atoms with E-state index in [0.717, 1.165) is 0 Å². The number of anilines is 1. The zero-order chi connectivity index (χ0) is 20.9. The lowest BCUT2D eigenvalue weighted by Gasteiger charge is -2.09. The molecule has 0 bridgehead atoms. The second-order valence-corrected chi connectivity index (χ2v) is 6.78. The van der Waals surface area contributed by atoms with Gasteiger partial charge in [0.2, 0.25) is 0 Å². The number of amides is 1. The van der Waals surface area contributed by atoms with Crippen LogP contribution in [0.25, 0.3) is 0 Å². The Kier molecular flexibility index (Phi) is 5.72. The molecule has 30 heavy (non-hydrogen) atoms. The molecule has 0 radical (unpaired) electrons. The van der Waals surface area contributed by atoms with Gasteiger partial charge in [-0.15, -0.1) is 0 Å². The van der Waals surface area contributed by atoms with Crippen molar-refractivity contribution in [2.45, 2.75) is 0 Å². The number of amidine groups is 1. The minimum atomic E-state index is -0.706. The van der Waals surface area contributed by atoms with E-state index < -0.39 is 11.9 Å². The zero-order valence-electron chi connectivity index (χ0n) is 15.6. The van der Waals surface area contributed by atoms with Crippen LogP contribution in [0.4, 0.5) is 20.6 Å². The number of carbonyl (C=O) groups is 1. The maximum Gasteiger partial charge on any atom is 0.435 e. The Morgan fingerprint density at radius 1 is 1.00 bits per heavy atom. The predicted molar refractivity (Wildman–Crippen MR) is 115 cm³/mol. The predicted octanol–water partition coefficient (Wildman–Crippen LogP) is 5.11. The van der Waals surface area contributed by atoms with Crippen LogP contribution in [0.2, 0.25) is 5.02 Å². The molecule has 0 saturated heterocycles. The summed E-state index contributed by atoms with van der Waals surface area (Å²) in [5.74, 6) is -0.120. The Morgan fingerprint density at radius 2 is 1.77 bits per heavy atom. The maximum atomic E-state index is 14.4. The summed E-state index contributed by atoms with van der Waals surface area (Å²) in [5, 5.41) is 3.06. The number of hydrogen-bond donors (Lipinski definition) is 2. The van der Waals surface area contributed by atoms with Crippen molar-refractivity contribution in [2.24, 2.45) is 9.98 Å². The van der Waals surface area contributed by atoms with E-state index in [1.807, 2.05) is 6.07 Å². The van der Waals surface area contributed by atoms with Crippen LogP contribution < -0.4 is 10.8 Å². The number of benzene rings is 3. The molecule has 0 aliphatic carbocycles. The van der Waals surface area contributed by atoms with Gasteiger partial charge in [0.25, 0.3) is 0 Å². The molecule has 1 aliphatic heterocycles. The van der Waals surface area contributed by atoms with E-state index in [0.29, 0.717) is 33.2 Å². The van der Waals surface area contributed by atoms with Gasteiger partial charge in [0.1, 0.15) is 12.4 Å². The van der Waals surface area contributed by atoms with Crippen LogP contribution in [0.5, 0.6) is 0 Å². The van der Waals surface area contributed by atoms with Crippen LogP contribution in [-0.4, -0.2) is 24.2 Å². The van der Waals surface area contributed by atoms with Gasteiger partial charge in [0.15, 0.2) is 5.84 Å². The minimum absolute atomic E-state index is 0.0502. The van der Waals surface area contributed by atoms with Crippen LogP contribution in [0, 0.1) is 5.82 Å². The van der Waals surface area contributed by atoms with E-state index in [-0.39, 0.29) is 12.4 Å². The highest BCUT2D eigenvalue weighted by Gasteiger charge is 2.19.